The van der Waals surface area contributed by atoms with Gasteiger partial charge in [-0.2, -0.15) is 0 Å². The van der Waals surface area contributed by atoms with Crippen molar-refractivity contribution in [2.24, 2.45) is 0 Å². The number of carbonyl (C=O) groups excluding carboxylic acids is 1. The summed E-state index contributed by atoms with van der Waals surface area (Å²) in [5.74, 6) is 0. The molecule has 0 aromatic rings. The van der Waals surface area contributed by atoms with Crippen LogP contribution in [0.5, 0.6) is 0 Å². The zero-order valence-corrected chi connectivity index (χ0v) is 5.73. The first-order chi connectivity index (χ1) is 3.31. The third kappa shape index (κ3) is 3.73. The van der Waals surface area contributed by atoms with E-state index >= 15 is 0 Å². The Balaban J connectivity index is 3.49. The molecule has 0 amide bonds. The van der Waals surface area contributed by atoms with Crippen molar-refractivity contribution in [1.29, 1.82) is 0 Å². The quantitative estimate of drug-likeness (QED) is 0.448. The topological polar surface area (TPSA) is 17.1 Å². The lowest BCUT2D eigenvalue weighted by Crippen LogP contribution is -1.67. The van der Waals surface area contributed by atoms with Gasteiger partial charge in [-0.25, -0.2) is 0 Å². The average molecular weight is 163 g/mol. The Labute approximate surface area is 51.5 Å². The molecule has 0 radical (unpaired) electrons. The molecule has 0 spiro atoms. The molecule has 0 aromatic heterocycles. The van der Waals surface area contributed by atoms with E-state index in [1.54, 1.807) is 0 Å². The summed E-state index contributed by atoms with van der Waals surface area (Å²) in [5, 5.41) is 0. The zero-order chi connectivity index (χ0) is 5.70. The number of carbonyl (C=O) groups is 1. The maximum atomic E-state index is 9.78. The second-order valence-electron chi connectivity index (χ2n) is 1.12. The van der Waals surface area contributed by atoms with Crippen LogP contribution in [0.25, 0.3) is 0 Å². The summed E-state index contributed by atoms with van der Waals surface area (Å²) < 4.78 is 0.634. The fraction of sp³-hybridized carbons (Fsp3) is 0.400. The van der Waals surface area contributed by atoms with Crippen LogP contribution in [0.1, 0.15) is 13.3 Å². The minimum Gasteiger partial charge on any atom is -0.297 e. The summed E-state index contributed by atoms with van der Waals surface area (Å²) in [5.41, 5.74) is 0. The largest absolute Gasteiger partial charge is 0.297 e. The monoisotopic (exact) mass is 162 g/mol. The Kier molecular flexibility index (Phi) is 4.00. The molecule has 0 bridgehead atoms. The predicted octanol–water partition coefficient (Wildman–Crippen LogP) is 1.87. The number of halogens is 1. The average Bonchev–Trinajstić information content (AvgIpc) is 1.68. The van der Waals surface area contributed by atoms with E-state index in [-0.39, 0.29) is 0 Å². The van der Waals surface area contributed by atoms with Gasteiger partial charge in [0.25, 0.3) is 0 Å². The molecule has 0 rings (SSSR count). The van der Waals surface area contributed by atoms with Gasteiger partial charge in [0.05, 0.1) is 4.48 Å². The third-order valence-corrected chi connectivity index (χ3v) is 1.02. The summed E-state index contributed by atoms with van der Waals surface area (Å²) in [6, 6.07) is 0. The number of hydrogen-bond donors (Lipinski definition) is 0. The highest BCUT2D eigenvalue weighted by atomic mass is 79.9. The Morgan fingerprint density at radius 1 is 1.86 bits per heavy atom. The maximum Gasteiger partial charge on any atom is 0.156 e. The summed E-state index contributed by atoms with van der Waals surface area (Å²) in [4.78, 5) is 9.78. The second-order valence-corrected chi connectivity index (χ2v) is 2.03. The van der Waals surface area contributed by atoms with Crippen molar-refractivity contribution < 1.29 is 4.79 Å². The highest BCUT2D eigenvalue weighted by Crippen LogP contribution is 1.99. The Bertz CT molecular complexity index is 86.1. The van der Waals surface area contributed by atoms with Crippen LogP contribution < -0.4 is 0 Å². The number of rotatable bonds is 2. The van der Waals surface area contributed by atoms with Gasteiger partial charge in [0, 0.05) is 0 Å². The molecule has 1 nitrogen and oxygen atoms in total. The highest BCUT2D eigenvalue weighted by Gasteiger charge is 1.79. The van der Waals surface area contributed by atoms with Gasteiger partial charge in [-0.3, -0.25) is 4.79 Å². The summed E-state index contributed by atoms with van der Waals surface area (Å²) in [6.07, 6.45) is 3.50. The van der Waals surface area contributed by atoms with Crippen LogP contribution in [-0.4, -0.2) is 6.29 Å². The standard InChI is InChI=1S/C5H7BrO/c1-2-3-5(6)4-7/h3-4H,2H2,1H3/b5-3+. The van der Waals surface area contributed by atoms with Crippen LogP contribution in [0, 0.1) is 0 Å². The Hall–Kier alpha value is -0.110. The molecule has 0 heterocycles. The molecular weight excluding hydrogens is 156 g/mol. The molecule has 0 atom stereocenters. The predicted molar refractivity (Wildman–Crippen MR) is 33.4 cm³/mol. The summed E-state index contributed by atoms with van der Waals surface area (Å²) in [7, 11) is 0. The van der Waals surface area contributed by atoms with Gasteiger partial charge in [-0.05, 0) is 22.4 Å². The van der Waals surface area contributed by atoms with Crippen molar-refractivity contribution in [1.82, 2.24) is 0 Å². The highest BCUT2D eigenvalue weighted by molar-refractivity contribution is 9.12. The molecule has 2 heteroatoms. The van der Waals surface area contributed by atoms with Crippen molar-refractivity contribution in [2.75, 3.05) is 0 Å². The lowest BCUT2D eigenvalue weighted by molar-refractivity contribution is -0.104. The lowest BCUT2D eigenvalue weighted by Gasteiger charge is -1.77. The van der Waals surface area contributed by atoms with Crippen LogP contribution in [0.15, 0.2) is 10.6 Å². The van der Waals surface area contributed by atoms with E-state index in [0.29, 0.717) is 4.48 Å². The van der Waals surface area contributed by atoms with E-state index < -0.39 is 0 Å². The first-order valence-corrected chi connectivity index (χ1v) is 2.91. The van der Waals surface area contributed by atoms with Gasteiger partial charge in [0.15, 0.2) is 6.29 Å². The first-order valence-electron chi connectivity index (χ1n) is 2.12. The van der Waals surface area contributed by atoms with Gasteiger partial charge < -0.3 is 0 Å². The van der Waals surface area contributed by atoms with E-state index in [1.807, 2.05) is 13.0 Å². The van der Waals surface area contributed by atoms with Gasteiger partial charge in [-0.15, -0.1) is 0 Å². The first kappa shape index (κ1) is 6.89. The normalized spacial score (nSPS) is 11.4. The van der Waals surface area contributed by atoms with Crippen molar-refractivity contribution >= 4 is 22.2 Å². The zero-order valence-electron chi connectivity index (χ0n) is 4.15. The SMILES string of the molecule is CC/C=C(/Br)C=O. The van der Waals surface area contributed by atoms with Crippen LogP contribution in [0.4, 0.5) is 0 Å². The Morgan fingerprint density at radius 2 is 2.43 bits per heavy atom. The molecule has 0 N–H and O–H groups in total. The van der Waals surface area contributed by atoms with Crippen LogP contribution in [0.3, 0.4) is 0 Å². The van der Waals surface area contributed by atoms with Gasteiger partial charge >= 0.3 is 0 Å². The van der Waals surface area contributed by atoms with Crippen molar-refractivity contribution in [3.05, 3.63) is 10.6 Å². The molecular formula is C5H7BrO. The summed E-state index contributed by atoms with van der Waals surface area (Å²) in [6.45, 7) is 1.98. The van der Waals surface area contributed by atoms with Crippen molar-refractivity contribution in [3.8, 4) is 0 Å². The molecule has 0 saturated heterocycles. The van der Waals surface area contributed by atoms with E-state index in [1.165, 1.54) is 0 Å². The van der Waals surface area contributed by atoms with Crippen molar-refractivity contribution in [2.45, 2.75) is 13.3 Å². The molecule has 0 aliphatic carbocycles. The van der Waals surface area contributed by atoms with Crippen LogP contribution in [-0.2, 0) is 4.79 Å². The second kappa shape index (κ2) is 4.06. The third-order valence-electron chi connectivity index (χ3n) is 0.512. The summed E-state index contributed by atoms with van der Waals surface area (Å²) >= 11 is 3.03. The molecule has 0 fully saturated rings. The molecule has 0 aromatic carbocycles. The van der Waals surface area contributed by atoms with E-state index in [0.717, 1.165) is 12.7 Å². The van der Waals surface area contributed by atoms with Gasteiger partial charge in [0.2, 0.25) is 0 Å². The van der Waals surface area contributed by atoms with Gasteiger partial charge in [0.1, 0.15) is 0 Å². The van der Waals surface area contributed by atoms with Gasteiger partial charge in [-0.1, -0.05) is 13.0 Å². The minimum absolute atomic E-state index is 0.634. The fourth-order valence-corrected chi connectivity index (χ4v) is 0.567. The van der Waals surface area contributed by atoms with Crippen LogP contribution >= 0.6 is 15.9 Å². The molecule has 0 aliphatic heterocycles. The minimum atomic E-state index is 0.634. The fourth-order valence-electron chi connectivity index (χ4n) is 0.243. The molecule has 7 heavy (non-hydrogen) atoms. The lowest BCUT2D eigenvalue weighted by atomic mass is 10.4. The van der Waals surface area contributed by atoms with E-state index in [4.69, 9.17) is 0 Å². The number of aldehydes is 1. The molecule has 40 valence electrons. The Morgan fingerprint density at radius 3 is 2.57 bits per heavy atom. The number of allylic oxidation sites excluding steroid dienone is 2. The number of hydrogen-bond acceptors (Lipinski definition) is 1. The smallest absolute Gasteiger partial charge is 0.156 e. The van der Waals surface area contributed by atoms with E-state index in [2.05, 4.69) is 15.9 Å². The van der Waals surface area contributed by atoms with E-state index in [9.17, 15) is 4.79 Å². The maximum absolute atomic E-state index is 9.78. The molecule has 0 aliphatic rings. The van der Waals surface area contributed by atoms with Crippen LogP contribution in [0.2, 0.25) is 0 Å². The molecule has 0 saturated carbocycles. The van der Waals surface area contributed by atoms with Crippen molar-refractivity contribution in [3.63, 3.8) is 0 Å². The molecule has 0 unspecified atom stereocenters.